The summed E-state index contributed by atoms with van der Waals surface area (Å²) in [6, 6.07) is 9.53. The lowest BCUT2D eigenvalue weighted by Crippen LogP contribution is -2.34. The second-order valence-electron chi connectivity index (χ2n) is 5.51. The van der Waals surface area contributed by atoms with Gasteiger partial charge in [-0.2, -0.15) is 11.8 Å². The van der Waals surface area contributed by atoms with Gasteiger partial charge in [0.25, 0.3) is 0 Å². The summed E-state index contributed by atoms with van der Waals surface area (Å²) in [5.41, 5.74) is 0.823. The lowest BCUT2D eigenvalue weighted by molar-refractivity contribution is -0.124. The number of thioether (sulfide) groups is 1. The van der Waals surface area contributed by atoms with E-state index in [1.165, 1.54) is 0 Å². The highest BCUT2D eigenvalue weighted by Crippen LogP contribution is 2.15. The summed E-state index contributed by atoms with van der Waals surface area (Å²) in [5.74, 6) is 1.85. The first kappa shape index (κ1) is 16.6. The van der Waals surface area contributed by atoms with Crippen molar-refractivity contribution in [3.8, 4) is 0 Å². The molecule has 0 spiro atoms. The van der Waals surface area contributed by atoms with Crippen molar-refractivity contribution in [2.75, 3.05) is 18.6 Å². The zero-order chi connectivity index (χ0) is 16.8. The molecule has 126 valence electrons. The Labute approximate surface area is 145 Å². The number of fused-ring (bicyclic) bond motifs is 1. The van der Waals surface area contributed by atoms with E-state index >= 15 is 0 Å². The van der Waals surface area contributed by atoms with Crippen LogP contribution in [-0.4, -0.2) is 43.6 Å². The van der Waals surface area contributed by atoms with Crippen LogP contribution < -0.4 is 5.32 Å². The number of carbonyl (C=O) groups is 1. The molecule has 6 nitrogen and oxygen atoms in total. The Hall–Kier alpha value is -2.28. The van der Waals surface area contributed by atoms with E-state index < -0.39 is 0 Å². The Balaban J connectivity index is 1.59. The third kappa shape index (κ3) is 3.79. The topological polar surface area (TPSA) is 64.2 Å². The fourth-order valence-corrected chi connectivity index (χ4v) is 3.14. The number of pyridine rings is 1. The summed E-state index contributed by atoms with van der Waals surface area (Å²) in [6.45, 7) is 0.547. The standard InChI is InChI=1S/C17H21N5OS/c1-24-13-8-14(21-10-4-5-11-21)17(23)18-9-7-16-20-19-15-6-2-3-12-22(15)16/h2-6,10-12,14H,7-9,13H2,1H3,(H,18,23)/t14-/m1/s1. The van der Waals surface area contributed by atoms with Gasteiger partial charge in [-0.3, -0.25) is 9.20 Å². The molecule has 0 saturated carbocycles. The van der Waals surface area contributed by atoms with Crippen molar-refractivity contribution in [2.24, 2.45) is 0 Å². The van der Waals surface area contributed by atoms with Crippen LogP contribution in [0, 0.1) is 0 Å². The number of nitrogens with one attached hydrogen (secondary N) is 1. The second-order valence-corrected chi connectivity index (χ2v) is 6.50. The molecule has 0 aliphatic rings. The SMILES string of the molecule is CSCC[C@H](C(=O)NCCc1nnc2ccccn12)n1cccc1. The third-order valence-electron chi connectivity index (χ3n) is 3.92. The zero-order valence-electron chi connectivity index (χ0n) is 13.6. The molecular formula is C17H21N5OS. The van der Waals surface area contributed by atoms with Crippen LogP contribution in [0.4, 0.5) is 0 Å². The van der Waals surface area contributed by atoms with Gasteiger partial charge in [0.15, 0.2) is 5.65 Å². The number of rotatable bonds is 8. The van der Waals surface area contributed by atoms with Crippen molar-refractivity contribution in [2.45, 2.75) is 18.9 Å². The van der Waals surface area contributed by atoms with Crippen molar-refractivity contribution >= 4 is 23.3 Å². The normalized spacial score (nSPS) is 12.4. The molecule has 1 amide bonds. The largest absolute Gasteiger partial charge is 0.354 e. The third-order valence-corrected chi connectivity index (χ3v) is 4.56. The average Bonchev–Trinajstić information content (AvgIpc) is 3.26. The van der Waals surface area contributed by atoms with Crippen molar-refractivity contribution in [1.29, 1.82) is 0 Å². The highest BCUT2D eigenvalue weighted by atomic mass is 32.2. The highest BCUT2D eigenvalue weighted by Gasteiger charge is 2.18. The Kier molecular flexibility index (Phi) is 5.53. The summed E-state index contributed by atoms with van der Waals surface area (Å²) in [7, 11) is 0. The van der Waals surface area contributed by atoms with E-state index in [2.05, 4.69) is 21.8 Å². The molecule has 0 fully saturated rings. The molecule has 3 aromatic rings. The Bertz CT molecular complexity index is 783. The summed E-state index contributed by atoms with van der Waals surface area (Å²) in [4.78, 5) is 12.6. The van der Waals surface area contributed by atoms with Gasteiger partial charge in [-0.1, -0.05) is 6.07 Å². The monoisotopic (exact) mass is 343 g/mol. The molecule has 0 bridgehead atoms. The molecule has 1 N–H and O–H groups in total. The fourth-order valence-electron chi connectivity index (χ4n) is 2.68. The first-order valence-corrected chi connectivity index (χ1v) is 9.36. The average molecular weight is 343 g/mol. The van der Waals surface area contributed by atoms with E-state index in [1.54, 1.807) is 11.8 Å². The molecule has 0 unspecified atom stereocenters. The molecule has 0 aliphatic heterocycles. The van der Waals surface area contributed by atoms with E-state index in [4.69, 9.17) is 0 Å². The van der Waals surface area contributed by atoms with Crippen molar-refractivity contribution in [3.05, 3.63) is 54.7 Å². The van der Waals surface area contributed by atoms with Gasteiger partial charge in [-0.15, -0.1) is 10.2 Å². The molecular weight excluding hydrogens is 322 g/mol. The lowest BCUT2D eigenvalue weighted by Gasteiger charge is -2.18. The van der Waals surface area contributed by atoms with E-state index in [9.17, 15) is 4.79 Å². The summed E-state index contributed by atoms with van der Waals surface area (Å²) < 4.78 is 3.92. The minimum absolute atomic E-state index is 0.0501. The second kappa shape index (κ2) is 8.01. The van der Waals surface area contributed by atoms with E-state index in [1.807, 2.05) is 57.9 Å². The van der Waals surface area contributed by atoms with Gasteiger partial charge < -0.3 is 9.88 Å². The van der Waals surface area contributed by atoms with E-state index in [-0.39, 0.29) is 11.9 Å². The van der Waals surface area contributed by atoms with Gasteiger partial charge in [0.2, 0.25) is 5.91 Å². The van der Waals surface area contributed by atoms with Crippen LogP contribution in [0.5, 0.6) is 0 Å². The van der Waals surface area contributed by atoms with Crippen LogP contribution in [0.15, 0.2) is 48.9 Å². The molecule has 3 rings (SSSR count). The van der Waals surface area contributed by atoms with Crippen LogP contribution in [0.3, 0.4) is 0 Å². The molecule has 7 heteroatoms. The Morgan fingerprint density at radius 3 is 2.79 bits per heavy atom. The lowest BCUT2D eigenvalue weighted by atomic mass is 10.2. The van der Waals surface area contributed by atoms with Gasteiger partial charge in [0, 0.05) is 31.6 Å². The Morgan fingerprint density at radius 1 is 1.21 bits per heavy atom. The molecule has 3 heterocycles. The molecule has 24 heavy (non-hydrogen) atoms. The van der Waals surface area contributed by atoms with Gasteiger partial charge in [0.05, 0.1) is 0 Å². The van der Waals surface area contributed by atoms with Crippen LogP contribution in [0.25, 0.3) is 5.65 Å². The van der Waals surface area contributed by atoms with E-state index in [0.717, 1.165) is 23.6 Å². The molecule has 0 radical (unpaired) electrons. The van der Waals surface area contributed by atoms with Crippen molar-refractivity contribution in [1.82, 2.24) is 24.5 Å². The molecule has 0 aromatic carbocycles. The first-order chi connectivity index (χ1) is 11.8. The minimum Gasteiger partial charge on any atom is -0.354 e. The number of carbonyl (C=O) groups excluding carboxylic acids is 1. The summed E-state index contributed by atoms with van der Waals surface area (Å²) in [6.07, 6.45) is 9.34. The number of hydrogen-bond acceptors (Lipinski definition) is 4. The molecule has 0 saturated heterocycles. The van der Waals surface area contributed by atoms with Crippen LogP contribution >= 0.6 is 11.8 Å². The zero-order valence-corrected chi connectivity index (χ0v) is 14.4. The maximum absolute atomic E-state index is 12.6. The fraction of sp³-hybridized carbons (Fsp3) is 0.353. The smallest absolute Gasteiger partial charge is 0.243 e. The molecule has 3 aromatic heterocycles. The van der Waals surface area contributed by atoms with Gasteiger partial charge in [-0.05, 0) is 42.7 Å². The van der Waals surface area contributed by atoms with Crippen LogP contribution in [-0.2, 0) is 11.2 Å². The number of amides is 1. The number of hydrogen-bond donors (Lipinski definition) is 1. The molecule has 0 aliphatic carbocycles. The van der Waals surface area contributed by atoms with Gasteiger partial charge in [0.1, 0.15) is 11.9 Å². The number of aromatic nitrogens is 4. The molecule has 1 atom stereocenters. The first-order valence-electron chi connectivity index (χ1n) is 7.97. The Morgan fingerprint density at radius 2 is 2.00 bits per heavy atom. The van der Waals surface area contributed by atoms with Gasteiger partial charge >= 0.3 is 0 Å². The highest BCUT2D eigenvalue weighted by molar-refractivity contribution is 7.98. The van der Waals surface area contributed by atoms with E-state index in [0.29, 0.717) is 13.0 Å². The van der Waals surface area contributed by atoms with Crippen molar-refractivity contribution in [3.63, 3.8) is 0 Å². The van der Waals surface area contributed by atoms with Crippen LogP contribution in [0.1, 0.15) is 18.3 Å². The summed E-state index contributed by atoms with van der Waals surface area (Å²) >= 11 is 1.75. The van der Waals surface area contributed by atoms with Crippen molar-refractivity contribution < 1.29 is 4.79 Å². The van der Waals surface area contributed by atoms with Crippen LogP contribution in [0.2, 0.25) is 0 Å². The predicted molar refractivity (Wildman–Crippen MR) is 96.2 cm³/mol. The minimum atomic E-state index is -0.164. The predicted octanol–water partition coefficient (Wildman–Crippen LogP) is 2.18. The maximum atomic E-state index is 12.6. The summed E-state index contributed by atoms with van der Waals surface area (Å²) in [5, 5.41) is 11.3. The number of nitrogens with zero attached hydrogens (tertiary/aromatic N) is 4. The van der Waals surface area contributed by atoms with Gasteiger partial charge in [-0.25, -0.2) is 0 Å². The quantitative estimate of drug-likeness (QED) is 0.681. The maximum Gasteiger partial charge on any atom is 0.243 e.